The molecule has 0 bridgehead atoms. The van der Waals surface area contributed by atoms with Crippen LogP contribution in [-0.4, -0.2) is 36.0 Å². The second kappa shape index (κ2) is 7.97. The van der Waals surface area contributed by atoms with Crippen LogP contribution in [0.5, 0.6) is 0 Å². The number of piperidine rings is 1. The molecule has 1 aromatic carbocycles. The van der Waals surface area contributed by atoms with Crippen LogP contribution in [0.1, 0.15) is 38.7 Å². The number of amides is 1. The average molecular weight is 303 g/mol. The quantitative estimate of drug-likeness (QED) is 0.786. The van der Waals surface area contributed by atoms with Gasteiger partial charge in [0.05, 0.1) is 5.92 Å². The third kappa shape index (κ3) is 4.58. The summed E-state index contributed by atoms with van der Waals surface area (Å²) in [5.74, 6) is -0.0891. The van der Waals surface area contributed by atoms with E-state index in [1.165, 1.54) is 5.56 Å². The molecule has 0 spiro atoms. The summed E-state index contributed by atoms with van der Waals surface area (Å²) in [7, 11) is 0. The Bertz CT molecular complexity index is 492. The van der Waals surface area contributed by atoms with Gasteiger partial charge in [-0.3, -0.25) is 9.59 Å². The minimum absolute atomic E-state index is 0.0688. The number of esters is 1. The lowest BCUT2D eigenvalue weighted by atomic mass is 9.96. The van der Waals surface area contributed by atoms with Crippen LogP contribution in [0.15, 0.2) is 30.3 Å². The number of hydrogen-bond donors (Lipinski definition) is 0. The van der Waals surface area contributed by atoms with E-state index in [9.17, 15) is 9.59 Å². The Morgan fingerprint density at radius 1 is 1.23 bits per heavy atom. The largest absolute Gasteiger partial charge is 0.462 e. The molecule has 0 aromatic heterocycles. The fourth-order valence-electron chi connectivity index (χ4n) is 2.84. The van der Waals surface area contributed by atoms with Crippen molar-refractivity contribution in [3.63, 3.8) is 0 Å². The summed E-state index contributed by atoms with van der Waals surface area (Å²) in [6.07, 6.45) is 2.92. The maximum atomic E-state index is 12.3. The van der Waals surface area contributed by atoms with Gasteiger partial charge in [0.15, 0.2) is 0 Å². The first-order valence-corrected chi connectivity index (χ1v) is 8.10. The number of rotatable bonds is 5. The maximum Gasteiger partial charge on any atom is 0.309 e. The summed E-state index contributed by atoms with van der Waals surface area (Å²) < 4.78 is 5.70. The number of benzene rings is 1. The lowest BCUT2D eigenvalue weighted by Gasteiger charge is -2.31. The molecule has 1 saturated heterocycles. The molecule has 1 aromatic rings. The second-order valence-corrected chi connectivity index (χ2v) is 5.94. The normalized spacial score (nSPS) is 17.1. The van der Waals surface area contributed by atoms with Crippen molar-refractivity contribution in [2.24, 2.45) is 5.92 Å². The standard InChI is InChI=1S/C18H25NO3/c1-3-17(13-15-7-5-4-6-8-15)22-18(21)16-9-11-19(12-10-16)14(2)20/h4-8,16-17H,3,9-13H2,1-2H3. The zero-order chi connectivity index (χ0) is 15.9. The molecule has 4 nitrogen and oxygen atoms in total. The van der Waals surface area contributed by atoms with E-state index in [0.29, 0.717) is 25.9 Å². The van der Waals surface area contributed by atoms with Crippen molar-refractivity contribution in [3.05, 3.63) is 35.9 Å². The Kier molecular flexibility index (Phi) is 5.99. The number of carbonyl (C=O) groups excluding carboxylic acids is 2. The molecule has 0 radical (unpaired) electrons. The number of carbonyl (C=O) groups is 2. The summed E-state index contributed by atoms with van der Waals surface area (Å²) in [5.41, 5.74) is 1.19. The summed E-state index contributed by atoms with van der Waals surface area (Å²) in [4.78, 5) is 25.4. The van der Waals surface area contributed by atoms with Crippen LogP contribution in [0.4, 0.5) is 0 Å². The average Bonchev–Trinajstić information content (AvgIpc) is 2.55. The minimum atomic E-state index is -0.106. The van der Waals surface area contributed by atoms with E-state index in [2.05, 4.69) is 12.1 Å². The molecule has 0 N–H and O–H groups in total. The summed E-state index contributed by atoms with van der Waals surface area (Å²) in [5, 5.41) is 0. The van der Waals surface area contributed by atoms with Gasteiger partial charge in [0, 0.05) is 26.4 Å². The highest BCUT2D eigenvalue weighted by Gasteiger charge is 2.28. The Labute approximate surface area is 132 Å². The Morgan fingerprint density at radius 3 is 2.41 bits per heavy atom. The number of nitrogens with zero attached hydrogens (tertiary/aromatic N) is 1. The van der Waals surface area contributed by atoms with Gasteiger partial charge in [-0.05, 0) is 24.8 Å². The highest BCUT2D eigenvalue weighted by atomic mass is 16.5. The SMILES string of the molecule is CCC(Cc1ccccc1)OC(=O)C1CCN(C(C)=O)CC1. The molecular formula is C18H25NO3. The highest BCUT2D eigenvalue weighted by molar-refractivity contribution is 5.75. The van der Waals surface area contributed by atoms with Crippen LogP contribution in [0.25, 0.3) is 0 Å². The highest BCUT2D eigenvalue weighted by Crippen LogP contribution is 2.20. The monoisotopic (exact) mass is 303 g/mol. The van der Waals surface area contributed by atoms with Crippen LogP contribution in [0, 0.1) is 5.92 Å². The zero-order valence-corrected chi connectivity index (χ0v) is 13.5. The van der Waals surface area contributed by atoms with E-state index in [1.807, 2.05) is 25.1 Å². The number of ether oxygens (including phenoxy) is 1. The smallest absolute Gasteiger partial charge is 0.309 e. The molecule has 4 heteroatoms. The van der Waals surface area contributed by atoms with E-state index >= 15 is 0 Å². The molecule has 1 unspecified atom stereocenters. The van der Waals surface area contributed by atoms with Crippen LogP contribution in [0.2, 0.25) is 0 Å². The van der Waals surface area contributed by atoms with Crippen molar-refractivity contribution in [2.75, 3.05) is 13.1 Å². The van der Waals surface area contributed by atoms with Gasteiger partial charge in [-0.1, -0.05) is 37.3 Å². The van der Waals surface area contributed by atoms with Crippen molar-refractivity contribution < 1.29 is 14.3 Å². The Morgan fingerprint density at radius 2 is 1.86 bits per heavy atom. The van der Waals surface area contributed by atoms with E-state index in [4.69, 9.17) is 4.74 Å². The van der Waals surface area contributed by atoms with Gasteiger partial charge in [-0.15, -0.1) is 0 Å². The number of likely N-dealkylation sites (tertiary alicyclic amines) is 1. The molecule has 1 atom stereocenters. The van der Waals surface area contributed by atoms with E-state index in [1.54, 1.807) is 11.8 Å². The Hall–Kier alpha value is -1.84. The summed E-state index contributed by atoms with van der Waals surface area (Å²) >= 11 is 0. The molecule has 1 heterocycles. The fourth-order valence-corrected chi connectivity index (χ4v) is 2.84. The second-order valence-electron chi connectivity index (χ2n) is 5.94. The molecule has 2 rings (SSSR count). The van der Waals surface area contributed by atoms with Crippen molar-refractivity contribution in [1.82, 2.24) is 4.90 Å². The first-order chi connectivity index (χ1) is 10.6. The number of hydrogen-bond acceptors (Lipinski definition) is 3. The molecule has 1 aliphatic rings. The molecule has 22 heavy (non-hydrogen) atoms. The first kappa shape index (κ1) is 16.5. The molecule has 120 valence electrons. The zero-order valence-electron chi connectivity index (χ0n) is 13.5. The predicted octanol–water partition coefficient (Wildman–Crippen LogP) is 2.81. The van der Waals surface area contributed by atoms with Crippen LogP contribution in [-0.2, 0) is 20.7 Å². The van der Waals surface area contributed by atoms with Crippen molar-refractivity contribution in [1.29, 1.82) is 0 Å². The van der Waals surface area contributed by atoms with E-state index < -0.39 is 0 Å². The maximum absolute atomic E-state index is 12.3. The molecular weight excluding hydrogens is 278 g/mol. The van der Waals surface area contributed by atoms with Gasteiger partial charge >= 0.3 is 5.97 Å². The first-order valence-electron chi connectivity index (χ1n) is 8.10. The molecule has 1 fully saturated rings. The van der Waals surface area contributed by atoms with Crippen LogP contribution in [0.3, 0.4) is 0 Å². The molecule has 1 aliphatic heterocycles. The van der Waals surface area contributed by atoms with Crippen LogP contribution >= 0.6 is 0 Å². The third-order valence-electron chi connectivity index (χ3n) is 4.32. The van der Waals surface area contributed by atoms with E-state index in [0.717, 1.165) is 12.8 Å². The lowest BCUT2D eigenvalue weighted by Crippen LogP contribution is -2.40. The Balaban J connectivity index is 1.83. The van der Waals surface area contributed by atoms with Gasteiger partial charge < -0.3 is 9.64 Å². The molecule has 0 saturated carbocycles. The molecule has 1 amide bonds. The lowest BCUT2D eigenvalue weighted by molar-refractivity contribution is -0.156. The summed E-state index contributed by atoms with van der Waals surface area (Å²) in [6, 6.07) is 10.1. The van der Waals surface area contributed by atoms with Gasteiger partial charge in [-0.25, -0.2) is 0 Å². The van der Waals surface area contributed by atoms with Gasteiger partial charge in [0.25, 0.3) is 0 Å². The third-order valence-corrected chi connectivity index (χ3v) is 4.32. The van der Waals surface area contributed by atoms with Crippen LogP contribution < -0.4 is 0 Å². The van der Waals surface area contributed by atoms with Crippen molar-refractivity contribution >= 4 is 11.9 Å². The van der Waals surface area contributed by atoms with E-state index in [-0.39, 0.29) is 23.9 Å². The van der Waals surface area contributed by atoms with Gasteiger partial charge in [0.2, 0.25) is 5.91 Å². The summed E-state index contributed by atoms with van der Waals surface area (Å²) in [6.45, 7) is 4.93. The van der Waals surface area contributed by atoms with Gasteiger partial charge in [-0.2, -0.15) is 0 Å². The minimum Gasteiger partial charge on any atom is -0.462 e. The fraction of sp³-hybridized carbons (Fsp3) is 0.556. The van der Waals surface area contributed by atoms with Crippen molar-refractivity contribution in [2.45, 2.75) is 45.6 Å². The van der Waals surface area contributed by atoms with Crippen molar-refractivity contribution in [3.8, 4) is 0 Å². The molecule has 0 aliphatic carbocycles. The van der Waals surface area contributed by atoms with Gasteiger partial charge in [0.1, 0.15) is 6.10 Å². The topological polar surface area (TPSA) is 46.6 Å². The predicted molar refractivity (Wildman–Crippen MR) is 85.3 cm³/mol.